The van der Waals surface area contributed by atoms with Crippen LogP contribution < -0.4 is 0 Å². The molecule has 17 heavy (non-hydrogen) atoms. The van der Waals surface area contributed by atoms with Gasteiger partial charge in [0, 0.05) is 12.8 Å². The topological polar surface area (TPSA) is 53.3 Å². The molecule has 0 aromatic carbocycles. The molecule has 2 heterocycles. The van der Waals surface area contributed by atoms with Crippen molar-refractivity contribution in [2.24, 2.45) is 0 Å². The molecule has 2 rings (SSSR count). The Labute approximate surface area is 101 Å². The first-order valence-electron chi connectivity index (χ1n) is 5.81. The maximum absolute atomic E-state index is 11.8. The molecule has 0 saturated carbocycles. The number of hydrogen-bond donors (Lipinski definition) is 0. The fourth-order valence-electron chi connectivity index (χ4n) is 1.71. The van der Waals surface area contributed by atoms with Crippen LogP contribution in [0.1, 0.15) is 43.6 Å². The van der Waals surface area contributed by atoms with E-state index < -0.39 is 5.60 Å². The number of nitrogens with zero attached hydrogens (tertiary/aromatic N) is 2. The molecule has 0 bridgehead atoms. The minimum absolute atomic E-state index is 0.242. The summed E-state index contributed by atoms with van der Waals surface area (Å²) in [5.74, 6) is -0.331. The Morgan fingerprint density at radius 2 is 2.35 bits per heavy atom. The first-order valence-corrected chi connectivity index (χ1v) is 5.81. The van der Waals surface area contributed by atoms with Crippen LogP contribution in [0.4, 0.5) is 0 Å². The Morgan fingerprint density at radius 3 is 2.94 bits per heavy atom. The molecule has 0 radical (unpaired) electrons. The molecule has 5 nitrogen and oxygen atoms in total. The zero-order valence-electron chi connectivity index (χ0n) is 10.5. The van der Waals surface area contributed by atoms with Gasteiger partial charge in [0.15, 0.2) is 0 Å². The predicted molar refractivity (Wildman–Crippen MR) is 61.9 cm³/mol. The minimum Gasteiger partial charge on any atom is -0.456 e. The molecule has 1 saturated heterocycles. The van der Waals surface area contributed by atoms with Gasteiger partial charge in [-0.05, 0) is 27.2 Å². The molecule has 94 valence electrons. The van der Waals surface area contributed by atoms with E-state index in [1.807, 2.05) is 20.8 Å². The number of esters is 1. The van der Waals surface area contributed by atoms with Crippen LogP contribution in [0.5, 0.6) is 0 Å². The highest BCUT2D eigenvalue weighted by Gasteiger charge is 2.22. The highest BCUT2D eigenvalue weighted by Crippen LogP contribution is 2.19. The van der Waals surface area contributed by atoms with Crippen LogP contribution in [0.2, 0.25) is 0 Å². The smallest absolute Gasteiger partial charge is 0.341 e. The lowest BCUT2D eigenvalue weighted by molar-refractivity contribution is 0.00693. The lowest BCUT2D eigenvalue weighted by Gasteiger charge is -2.18. The molecule has 0 N–H and O–H groups in total. The van der Waals surface area contributed by atoms with Crippen molar-refractivity contribution in [3.8, 4) is 0 Å². The fraction of sp³-hybridized carbons (Fsp3) is 0.667. The molecule has 0 amide bonds. The van der Waals surface area contributed by atoms with Crippen LogP contribution in [-0.4, -0.2) is 34.6 Å². The van der Waals surface area contributed by atoms with E-state index in [1.165, 1.54) is 0 Å². The lowest BCUT2D eigenvalue weighted by atomic mass is 10.2. The van der Waals surface area contributed by atoms with Crippen molar-refractivity contribution in [2.45, 2.75) is 38.8 Å². The maximum Gasteiger partial charge on any atom is 0.341 e. The molecule has 1 aromatic rings. The Kier molecular flexibility index (Phi) is 3.19. The standard InChI is InChI=1S/C12H18N2O3/c1-12(2,3)17-11(15)9-6-13-14(7-9)10-4-5-16-8-10/h6-7,10H,4-5,8H2,1-3H3. The molecular weight excluding hydrogens is 220 g/mol. The second kappa shape index (κ2) is 4.49. The van der Waals surface area contributed by atoms with Crippen molar-refractivity contribution in [2.75, 3.05) is 13.2 Å². The summed E-state index contributed by atoms with van der Waals surface area (Å²) < 4.78 is 12.3. The average molecular weight is 238 g/mol. The minimum atomic E-state index is -0.477. The number of hydrogen-bond acceptors (Lipinski definition) is 4. The van der Waals surface area contributed by atoms with Crippen LogP contribution in [0.25, 0.3) is 0 Å². The third kappa shape index (κ3) is 3.06. The van der Waals surface area contributed by atoms with Crippen molar-refractivity contribution in [3.63, 3.8) is 0 Å². The van der Waals surface area contributed by atoms with Gasteiger partial charge < -0.3 is 9.47 Å². The molecule has 1 unspecified atom stereocenters. The van der Waals surface area contributed by atoms with Crippen molar-refractivity contribution in [1.29, 1.82) is 0 Å². The number of rotatable bonds is 2. The number of ether oxygens (including phenoxy) is 2. The maximum atomic E-state index is 11.8. The SMILES string of the molecule is CC(C)(C)OC(=O)c1cnn(C2CCOC2)c1. The summed E-state index contributed by atoms with van der Waals surface area (Å²) in [4.78, 5) is 11.8. The molecule has 1 atom stereocenters. The van der Waals surface area contributed by atoms with E-state index in [4.69, 9.17) is 9.47 Å². The van der Waals surface area contributed by atoms with E-state index in [-0.39, 0.29) is 12.0 Å². The normalized spacial score (nSPS) is 20.5. The Hall–Kier alpha value is -1.36. The van der Waals surface area contributed by atoms with E-state index in [0.717, 1.165) is 13.0 Å². The Bertz CT molecular complexity index is 400. The quantitative estimate of drug-likeness (QED) is 0.737. The van der Waals surface area contributed by atoms with Gasteiger partial charge in [-0.3, -0.25) is 4.68 Å². The summed E-state index contributed by atoms with van der Waals surface area (Å²) in [6.45, 7) is 6.96. The third-order valence-corrected chi connectivity index (χ3v) is 2.52. The summed E-state index contributed by atoms with van der Waals surface area (Å²) >= 11 is 0. The van der Waals surface area contributed by atoms with Crippen LogP contribution in [0, 0.1) is 0 Å². The van der Waals surface area contributed by atoms with Gasteiger partial charge in [0.05, 0.1) is 24.4 Å². The number of aromatic nitrogens is 2. The number of carbonyl (C=O) groups is 1. The predicted octanol–water partition coefficient (Wildman–Crippen LogP) is 1.80. The van der Waals surface area contributed by atoms with Gasteiger partial charge >= 0.3 is 5.97 Å². The Morgan fingerprint density at radius 1 is 1.59 bits per heavy atom. The average Bonchev–Trinajstić information content (AvgIpc) is 2.86. The largest absolute Gasteiger partial charge is 0.456 e. The number of carbonyl (C=O) groups excluding carboxylic acids is 1. The van der Waals surface area contributed by atoms with Gasteiger partial charge in [0.25, 0.3) is 0 Å². The fourth-order valence-corrected chi connectivity index (χ4v) is 1.71. The van der Waals surface area contributed by atoms with Gasteiger partial charge in [0.2, 0.25) is 0 Å². The van der Waals surface area contributed by atoms with E-state index in [0.29, 0.717) is 12.2 Å². The first kappa shape index (κ1) is 12.1. The zero-order chi connectivity index (χ0) is 12.5. The summed E-state index contributed by atoms with van der Waals surface area (Å²) in [7, 11) is 0. The van der Waals surface area contributed by atoms with E-state index in [9.17, 15) is 4.79 Å². The third-order valence-electron chi connectivity index (χ3n) is 2.52. The van der Waals surface area contributed by atoms with E-state index in [1.54, 1.807) is 17.1 Å². The molecule has 0 aliphatic carbocycles. The molecule has 0 spiro atoms. The second-order valence-electron chi connectivity index (χ2n) is 5.23. The molecule has 1 aliphatic rings. The molecule has 1 fully saturated rings. The first-order chi connectivity index (χ1) is 7.96. The Balaban J connectivity index is 2.04. The molecular formula is C12H18N2O3. The van der Waals surface area contributed by atoms with Crippen LogP contribution >= 0.6 is 0 Å². The highest BCUT2D eigenvalue weighted by molar-refractivity contribution is 5.89. The van der Waals surface area contributed by atoms with Crippen molar-refractivity contribution >= 4 is 5.97 Å². The summed E-state index contributed by atoms with van der Waals surface area (Å²) in [6.07, 6.45) is 4.22. The van der Waals surface area contributed by atoms with E-state index >= 15 is 0 Å². The van der Waals surface area contributed by atoms with Crippen molar-refractivity contribution in [3.05, 3.63) is 18.0 Å². The molecule has 1 aliphatic heterocycles. The molecule has 1 aromatic heterocycles. The summed E-state index contributed by atoms with van der Waals surface area (Å²) in [5, 5.41) is 4.19. The second-order valence-corrected chi connectivity index (χ2v) is 5.23. The van der Waals surface area contributed by atoms with Gasteiger partial charge in [-0.2, -0.15) is 5.10 Å². The van der Waals surface area contributed by atoms with Crippen molar-refractivity contribution in [1.82, 2.24) is 9.78 Å². The van der Waals surface area contributed by atoms with Crippen LogP contribution in [0.3, 0.4) is 0 Å². The van der Waals surface area contributed by atoms with Gasteiger partial charge in [-0.25, -0.2) is 4.79 Å². The summed E-state index contributed by atoms with van der Waals surface area (Å²) in [5.41, 5.74) is 0.0159. The monoisotopic (exact) mass is 238 g/mol. The molecule has 5 heteroatoms. The summed E-state index contributed by atoms with van der Waals surface area (Å²) in [6, 6.07) is 0.242. The van der Waals surface area contributed by atoms with Crippen LogP contribution in [-0.2, 0) is 9.47 Å². The van der Waals surface area contributed by atoms with Crippen LogP contribution in [0.15, 0.2) is 12.4 Å². The van der Waals surface area contributed by atoms with E-state index in [2.05, 4.69) is 5.10 Å². The van der Waals surface area contributed by atoms with Gasteiger partial charge in [-0.15, -0.1) is 0 Å². The lowest BCUT2D eigenvalue weighted by Crippen LogP contribution is -2.23. The van der Waals surface area contributed by atoms with Gasteiger partial charge in [-0.1, -0.05) is 0 Å². The zero-order valence-corrected chi connectivity index (χ0v) is 10.5. The van der Waals surface area contributed by atoms with Gasteiger partial charge in [0.1, 0.15) is 5.60 Å². The van der Waals surface area contributed by atoms with Crippen molar-refractivity contribution < 1.29 is 14.3 Å². The highest BCUT2D eigenvalue weighted by atomic mass is 16.6.